The number of ether oxygens (including phenoxy) is 2. The molecule has 1 aliphatic heterocycles. The number of hydrogen-bond donors (Lipinski definition) is 0. The molecule has 1 amide bonds. The van der Waals surface area contributed by atoms with Crippen LogP contribution in [0, 0.1) is 10.1 Å². The van der Waals surface area contributed by atoms with Crippen molar-refractivity contribution < 1.29 is 24.0 Å². The number of methoxy groups -OCH3 is 1. The zero-order chi connectivity index (χ0) is 18.8. The van der Waals surface area contributed by atoms with Crippen LogP contribution in [0.25, 0.3) is 0 Å². The predicted molar refractivity (Wildman–Crippen MR) is 91.9 cm³/mol. The number of carbonyl (C=O) groups is 2. The van der Waals surface area contributed by atoms with Crippen molar-refractivity contribution in [3.05, 3.63) is 64.2 Å². The molecule has 1 heterocycles. The van der Waals surface area contributed by atoms with E-state index in [-0.39, 0.29) is 11.6 Å². The highest BCUT2D eigenvalue weighted by Crippen LogP contribution is 2.41. The van der Waals surface area contributed by atoms with Gasteiger partial charge in [0.25, 0.3) is 11.6 Å². The van der Waals surface area contributed by atoms with Crippen LogP contribution in [0.2, 0.25) is 0 Å². The molecule has 26 heavy (non-hydrogen) atoms. The van der Waals surface area contributed by atoms with Crippen LogP contribution < -0.4 is 9.64 Å². The molecule has 1 fully saturated rings. The van der Waals surface area contributed by atoms with E-state index in [1.165, 1.54) is 24.0 Å². The lowest BCUT2D eigenvalue weighted by Gasteiger charge is -2.46. The summed E-state index contributed by atoms with van der Waals surface area (Å²) in [5.41, 5.74) is 1.19. The maximum atomic E-state index is 12.5. The molecule has 0 bridgehead atoms. The molecule has 2 atom stereocenters. The number of rotatable bonds is 5. The number of amides is 1. The minimum Gasteiger partial charge on any atom is -0.497 e. The normalized spacial score (nSPS) is 18.8. The third-order valence-corrected chi connectivity index (χ3v) is 4.13. The minimum atomic E-state index is -0.962. The monoisotopic (exact) mass is 356 g/mol. The molecular weight excluding hydrogens is 340 g/mol. The largest absolute Gasteiger partial charge is 0.497 e. The molecule has 8 heteroatoms. The van der Waals surface area contributed by atoms with Gasteiger partial charge in [0, 0.05) is 24.7 Å². The van der Waals surface area contributed by atoms with E-state index in [0.29, 0.717) is 17.0 Å². The summed E-state index contributed by atoms with van der Waals surface area (Å²) in [5.74, 6) is -0.275. The van der Waals surface area contributed by atoms with Gasteiger partial charge >= 0.3 is 5.97 Å². The van der Waals surface area contributed by atoms with Crippen LogP contribution in [-0.2, 0) is 14.3 Å². The van der Waals surface area contributed by atoms with Crippen LogP contribution in [0.1, 0.15) is 18.5 Å². The Morgan fingerprint density at radius 2 is 1.73 bits per heavy atom. The van der Waals surface area contributed by atoms with Gasteiger partial charge in [0.1, 0.15) is 11.8 Å². The second-order valence-corrected chi connectivity index (χ2v) is 5.73. The van der Waals surface area contributed by atoms with E-state index >= 15 is 0 Å². The number of esters is 1. The zero-order valence-electron chi connectivity index (χ0n) is 14.1. The fraction of sp³-hybridized carbons (Fsp3) is 0.222. The standard InChI is InChI=1S/C18H16N2O6/c1-11(21)26-17-16(12-3-5-14(6-4-12)20(23)24)19(18(17)22)13-7-9-15(25-2)10-8-13/h3-10,16-17H,1-2H3/t16-,17+/m0/s1. The lowest BCUT2D eigenvalue weighted by atomic mass is 9.89. The Morgan fingerprint density at radius 1 is 1.12 bits per heavy atom. The van der Waals surface area contributed by atoms with Crippen molar-refractivity contribution in [3.8, 4) is 5.75 Å². The second-order valence-electron chi connectivity index (χ2n) is 5.73. The molecule has 0 aliphatic carbocycles. The van der Waals surface area contributed by atoms with Gasteiger partial charge in [-0.25, -0.2) is 0 Å². The van der Waals surface area contributed by atoms with E-state index in [4.69, 9.17) is 9.47 Å². The van der Waals surface area contributed by atoms with Gasteiger partial charge in [0.15, 0.2) is 0 Å². The van der Waals surface area contributed by atoms with Crippen molar-refractivity contribution in [2.45, 2.75) is 19.1 Å². The van der Waals surface area contributed by atoms with Gasteiger partial charge in [-0.3, -0.25) is 24.6 Å². The average Bonchev–Trinajstić information content (AvgIpc) is 2.64. The molecule has 0 aromatic heterocycles. The number of nitro benzene ring substituents is 1. The second kappa shape index (κ2) is 6.83. The van der Waals surface area contributed by atoms with Crippen LogP contribution in [0.5, 0.6) is 5.75 Å². The Morgan fingerprint density at radius 3 is 2.23 bits per heavy atom. The third kappa shape index (κ3) is 3.08. The maximum absolute atomic E-state index is 12.5. The maximum Gasteiger partial charge on any atom is 0.303 e. The van der Waals surface area contributed by atoms with Gasteiger partial charge in [-0.1, -0.05) is 0 Å². The van der Waals surface area contributed by atoms with Gasteiger partial charge in [0.2, 0.25) is 6.10 Å². The summed E-state index contributed by atoms with van der Waals surface area (Å²) in [6, 6.07) is 12.1. The molecule has 2 aromatic rings. The molecule has 0 radical (unpaired) electrons. The molecule has 1 aliphatic rings. The highest BCUT2D eigenvalue weighted by Gasteiger charge is 2.51. The fourth-order valence-electron chi connectivity index (χ4n) is 2.90. The number of non-ortho nitro benzene ring substituents is 1. The van der Waals surface area contributed by atoms with E-state index < -0.39 is 23.0 Å². The summed E-state index contributed by atoms with van der Waals surface area (Å²) in [6.07, 6.45) is -0.962. The summed E-state index contributed by atoms with van der Waals surface area (Å²) in [6.45, 7) is 1.23. The highest BCUT2D eigenvalue weighted by molar-refractivity contribution is 6.06. The predicted octanol–water partition coefficient (Wildman–Crippen LogP) is 2.62. The molecule has 0 spiro atoms. The number of benzene rings is 2. The van der Waals surface area contributed by atoms with Gasteiger partial charge in [-0.05, 0) is 42.0 Å². The van der Waals surface area contributed by atoms with E-state index in [2.05, 4.69) is 0 Å². The topological polar surface area (TPSA) is 99.0 Å². The van der Waals surface area contributed by atoms with Gasteiger partial charge < -0.3 is 9.47 Å². The number of nitro groups is 1. The molecular formula is C18H16N2O6. The molecule has 8 nitrogen and oxygen atoms in total. The summed E-state index contributed by atoms with van der Waals surface area (Å²) in [7, 11) is 1.54. The van der Waals surface area contributed by atoms with Crippen LogP contribution in [0.15, 0.2) is 48.5 Å². The van der Waals surface area contributed by atoms with E-state index in [9.17, 15) is 19.7 Å². The Balaban J connectivity index is 1.95. The van der Waals surface area contributed by atoms with Crippen LogP contribution >= 0.6 is 0 Å². The van der Waals surface area contributed by atoms with Crippen molar-refractivity contribution in [2.24, 2.45) is 0 Å². The van der Waals surface area contributed by atoms with Crippen LogP contribution in [0.4, 0.5) is 11.4 Å². The molecule has 3 rings (SSSR count). The Hall–Kier alpha value is -3.42. The summed E-state index contributed by atoms with van der Waals surface area (Å²) in [4.78, 5) is 35.7. The number of carbonyl (C=O) groups excluding carboxylic acids is 2. The quantitative estimate of drug-likeness (QED) is 0.353. The first-order valence-electron chi connectivity index (χ1n) is 7.81. The molecule has 0 saturated carbocycles. The molecule has 0 N–H and O–H groups in total. The summed E-state index contributed by atoms with van der Waals surface area (Å²) >= 11 is 0. The summed E-state index contributed by atoms with van der Waals surface area (Å²) in [5, 5.41) is 10.8. The van der Waals surface area contributed by atoms with Crippen molar-refractivity contribution in [1.82, 2.24) is 0 Å². The fourth-order valence-corrected chi connectivity index (χ4v) is 2.90. The number of hydrogen-bond acceptors (Lipinski definition) is 6. The van der Waals surface area contributed by atoms with Crippen LogP contribution in [0.3, 0.4) is 0 Å². The molecule has 2 aromatic carbocycles. The first-order chi connectivity index (χ1) is 12.4. The smallest absolute Gasteiger partial charge is 0.303 e. The van der Waals surface area contributed by atoms with E-state index in [1.807, 2.05) is 0 Å². The Bertz CT molecular complexity index is 847. The van der Waals surface area contributed by atoms with Gasteiger partial charge in [0.05, 0.1) is 12.0 Å². The first-order valence-corrected chi connectivity index (χ1v) is 7.81. The first kappa shape index (κ1) is 17.4. The molecule has 0 unspecified atom stereocenters. The average molecular weight is 356 g/mol. The Labute approximate surface area is 149 Å². The zero-order valence-corrected chi connectivity index (χ0v) is 14.1. The number of nitrogens with zero attached hydrogens (tertiary/aromatic N) is 2. The van der Waals surface area contributed by atoms with E-state index in [1.54, 1.807) is 43.5 Å². The molecule has 1 saturated heterocycles. The lowest BCUT2D eigenvalue weighted by molar-refractivity contribution is -0.384. The number of anilines is 1. The van der Waals surface area contributed by atoms with E-state index in [0.717, 1.165) is 0 Å². The third-order valence-electron chi connectivity index (χ3n) is 4.13. The van der Waals surface area contributed by atoms with Crippen molar-refractivity contribution in [1.29, 1.82) is 0 Å². The highest BCUT2D eigenvalue weighted by atomic mass is 16.6. The minimum absolute atomic E-state index is 0.0561. The van der Waals surface area contributed by atoms with Crippen molar-refractivity contribution in [2.75, 3.05) is 12.0 Å². The molecule has 134 valence electrons. The van der Waals surface area contributed by atoms with Crippen molar-refractivity contribution >= 4 is 23.3 Å². The number of β-lactam (4-membered cyclic amide) rings is 1. The SMILES string of the molecule is COc1ccc(N2C(=O)[C@H](OC(C)=O)[C@@H]2c2ccc([N+](=O)[O-])cc2)cc1. The lowest BCUT2D eigenvalue weighted by Crippen LogP contribution is -2.60. The van der Waals surface area contributed by atoms with Gasteiger partial charge in [-0.2, -0.15) is 0 Å². The Kier molecular flexibility index (Phi) is 4.57. The summed E-state index contributed by atoms with van der Waals surface area (Å²) < 4.78 is 10.3. The van der Waals surface area contributed by atoms with Crippen molar-refractivity contribution in [3.63, 3.8) is 0 Å². The van der Waals surface area contributed by atoms with Gasteiger partial charge in [-0.15, -0.1) is 0 Å². The van der Waals surface area contributed by atoms with Crippen LogP contribution in [-0.4, -0.2) is 30.0 Å².